The molecular formula is C6H13NO3. The van der Waals surface area contributed by atoms with Crippen LogP contribution in [0.15, 0.2) is 0 Å². The Morgan fingerprint density at radius 3 is 1.90 bits per heavy atom. The van der Waals surface area contributed by atoms with Gasteiger partial charge in [0.05, 0.1) is 0 Å². The molecule has 0 aromatic rings. The van der Waals surface area contributed by atoms with E-state index >= 15 is 0 Å². The largest absolute Gasteiger partial charge is 0.303 e. The smallest absolute Gasteiger partial charge is 0.194 e. The van der Waals surface area contributed by atoms with Gasteiger partial charge in [0.25, 0.3) is 0 Å². The topological polar surface area (TPSA) is 60.2 Å². The van der Waals surface area contributed by atoms with E-state index in [0.717, 1.165) is 13.3 Å². The molecule has 0 saturated heterocycles. The molecule has 0 radical (unpaired) electrons. The summed E-state index contributed by atoms with van der Waals surface area (Å²) in [5, 5.41) is 8.81. The summed E-state index contributed by atoms with van der Waals surface area (Å²) in [6, 6.07) is 0. The van der Waals surface area contributed by atoms with Crippen molar-refractivity contribution in [2.45, 2.75) is 20.3 Å². The molecule has 4 heteroatoms. The number of carbonyl (C=O) groups excluding carboxylic acids is 1. The molecule has 0 spiro atoms. The van der Waals surface area contributed by atoms with Crippen molar-refractivity contribution in [2.75, 3.05) is 7.05 Å². The SMILES string of the molecule is CC(C)CC=O.C[N+](=O)[O-]. The van der Waals surface area contributed by atoms with Gasteiger partial charge in [0.2, 0.25) is 0 Å². The molecule has 0 aliphatic carbocycles. The Balaban J connectivity index is 0. The molecule has 0 N–H and O–H groups in total. The molecule has 0 aromatic carbocycles. The van der Waals surface area contributed by atoms with Gasteiger partial charge in [-0.15, -0.1) is 0 Å². The number of aldehydes is 1. The summed E-state index contributed by atoms with van der Waals surface area (Å²) in [6.07, 6.45) is 1.64. The van der Waals surface area contributed by atoms with Gasteiger partial charge >= 0.3 is 0 Å². The minimum atomic E-state index is -0.500. The van der Waals surface area contributed by atoms with E-state index in [1.54, 1.807) is 0 Å². The second-order valence-corrected chi connectivity index (χ2v) is 2.24. The van der Waals surface area contributed by atoms with Crippen molar-refractivity contribution in [3.8, 4) is 0 Å². The molecule has 0 aromatic heterocycles. The van der Waals surface area contributed by atoms with Crippen molar-refractivity contribution < 1.29 is 9.72 Å². The van der Waals surface area contributed by atoms with Crippen molar-refractivity contribution in [1.82, 2.24) is 0 Å². The highest BCUT2D eigenvalue weighted by molar-refractivity contribution is 5.49. The first kappa shape index (κ1) is 11.8. The van der Waals surface area contributed by atoms with E-state index in [9.17, 15) is 4.79 Å². The fraction of sp³-hybridized carbons (Fsp3) is 0.833. The zero-order valence-corrected chi connectivity index (χ0v) is 6.53. The predicted octanol–water partition coefficient (Wildman–Crippen LogP) is 1.12. The normalized spacial score (nSPS) is 8.00. The molecule has 0 unspecified atom stereocenters. The number of rotatable bonds is 2. The maximum atomic E-state index is 9.62. The highest BCUT2D eigenvalue weighted by atomic mass is 16.6. The van der Waals surface area contributed by atoms with E-state index < -0.39 is 4.92 Å². The first-order valence-corrected chi connectivity index (χ1v) is 3.02. The van der Waals surface area contributed by atoms with Gasteiger partial charge in [0.1, 0.15) is 6.29 Å². The van der Waals surface area contributed by atoms with Crippen molar-refractivity contribution in [3.05, 3.63) is 10.1 Å². The van der Waals surface area contributed by atoms with E-state index in [-0.39, 0.29) is 0 Å². The molecule has 0 rings (SSSR count). The van der Waals surface area contributed by atoms with Gasteiger partial charge in [-0.1, -0.05) is 13.8 Å². The number of hydrogen-bond donors (Lipinski definition) is 0. The van der Waals surface area contributed by atoms with Gasteiger partial charge in [-0.2, -0.15) is 0 Å². The minimum absolute atomic E-state index is 0.500. The Kier molecular flexibility index (Phi) is 9.54. The summed E-state index contributed by atoms with van der Waals surface area (Å²) in [4.78, 5) is 17.9. The van der Waals surface area contributed by atoms with Crippen LogP contribution >= 0.6 is 0 Å². The average molecular weight is 147 g/mol. The number of nitro groups is 1. The summed E-state index contributed by atoms with van der Waals surface area (Å²) in [5.74, 6) is 0.530. The van der Waals surface area contributed by atoms with Gasteiger partial charge in [-0.3, -0.25) is 10.1 Å². The Morgan fingerprint density at radius 2 is 1.90 bits per heavy atom. The highest BCUT2D eigenvalue weighted by Gasteiger charge is 1.85. The lowest BCUT2D eigenvalue weighted by Gasteiger charge is -1.89. The summed E-state index contributed by atoms with van der Waals surface area (Å²) >= 11 is 0. The van der Waals surface area contributed by atoms with Crippen LogP contribution < -0.4 is 0 Å². The van der Waals surface area contributed by atoms with Crippen LogP contribution in [0.3, 0.4) is 0 Å². The second kappa shape index (κ2) is 8.07. The third-order valence-corrected chi connectivity index (χ3v) is 0.568. The third kappa shape index (κ3) is 60.8. The quantitative estimate of drug-likeness (QED) is 0.334. The second-order valence-electron chi connectivity index (χ2n) is 2.24. The van der Waals surface area contributed by atoms with Crippen LogP contribution in [0, 0.1) is 16.0 Å². The van der Waals surface area contributed by atoms with Crippen LogP contribution in [0.5, 0.6) is 0 Å². The molecule has 60 valence electrons. The van der Waals surface area contributed by atoms with Crippen LogP contribution in [0.2, 0.25) is 0 Å². The molecule has 0 atom stereocenters. The molecule has 0 aliphatic heterocycles. The summed E-state index contributed by atoms with van der Waals surface area (Å²) < 4.78 is 0. The van der Waals surface area contributed by atoms with Gasteiger partial charge in [0, 0.05) is 11.3 Å². The molecule has 4 nitrogen and oxygen atoms in total. The first-order valence-electron chi connectivity index (χ1n) is 3.02. The molecule has 0 fully saturated rings. The van der Waals surface area contributed by atoms with Gasteiger partial charge in [-0.05, 0) is 5.92 Å². The standard InChI is InChI=1S/C5H10O.CH3NO2/c1-5(2)3-4-6;1-2(3)4/h4-5H,3H2,1-2H3;1H3. The van der Waals surface area contributed by atoms with Crippen molar-refractivity contribution in [2.24, 2.45) is 5.92 Å². The van der Waals surface area contributed by atoms with Gasteiger partial charge in [-0.25, -0.2) is 0 Å². The maximum Gasteiger partial charge on any atom is 0.194 e. The molecule has 0 aliphatic rings. The van der Waals surface area contributed by atoms with Crippen molar-refractivity contribution >= 4 is 6.29 Å². The highest BCUT2D eigenvalue weighted by Crippen LogP contribution is 1.92. The molecule has 0 bridgehead atoms. The fourth-order valence-corrected chi connectivity index (χ4v) is 0.192. The Bertz CT molecular complexity index is 97.2. The predicted molar refractivity (Wildman–Crippen MR) is 38.4 cm³/mol. The molecule has 0 saturated carbocycles. The molecule has 0 heterocycles. The van der Waals surface area contributed by atoms with Crippen molar-refractivity contribution in [1.29, 1.82) is 0 Å². The van der Waals surface area contributed by atoms with E-state index in [1.165, 1.54) is 0 Å². The lowest BCUT2D eigenvalue weighted by molar-refractivity contribution is -0.445. The van der Waals surface area contributed by atoms with E-state index in [2.05, 4.69) is 0 Å². The van der Waals surface area contributed by atoms with Crippen LogP contribution in [0.4, 0.5) is 0 Å². The van der Waals surface area contributed by atoms with Crippen molar-refractivity contribution in [3.63, 3.8) is 0 Å². The monoisotopic (exact) mass is 147 g/mol. The van der Waals surface area contributed by atoms with E-state index in [1.807, 2.05) is 13.8 Å². The van der Waals surface area contributed by atoms with Crippen LogP contribution in [0.25, 0.3) is 0 Å². The number of carbonyl (C=O) groups is 1. The Labute approximate surface area is 60.4 Å². The Morgan fingerprint density at radius 1 is 1.60 bits per heavy atom. The summed E-state index contributed by atoms with van der Waals surface area (Å²) in [7, 11) is 0.889. The molecular weight excluding hydrogens is 134 g/mol. The fourth-order valence-electron chi connectivity index (χ4n) is 0.192. The van der Waals surface area contributed by atoms with Crippen LogP contribution in [-0.2, 0) is 4.79 Å². The molecule has 10 heavy (non-hydrogen) atoms. The first-order chi connectivity index (χ1) is 4.50. The van der Waals surface area contributed by atoms with Crippen LogP contribution in [0.1, 0.15) is 20.3 Å². The summed E-state index contributed by atoms with van der Waals surface area (Å²) in [5.41, 5.74) is 0. The van der Waals surface area contributed by atoms with Gasteiger partial charge < -0.3 is 4.79 Å². The lowest BCUT2D eigenvalue weighted by atomic mass is 10.2. The third-order valence-electron chi connectivity index (χ3n) is 0.568. The minimum Gasteiger partial charge on any atom is -0.303 e. The van der Waals surface area contributed by atoms with E-state index in [0.29, 0.717) is 12.3 Å². The Hall–Kier alpha value is -0.930. The number of hydrogen-bond acceptors (Lipinski definition) is 3. The van der Waals surface area contributed by atoms with Crippen LogP contribution in [-0.4, -0.2) is 18.3 Å². The summed E-state index contributed by atoms with van der Waals surface area (Å²) in [6.45, 7) is 4.04. The zero-order valence-electron chi connectivity index (χ0n) is 6.53. The zero-order chi connectivity index (χ0) is 8.57. The lowest BCUT2D eigenvalue weighted by Crippen LogP contribution is -1.84. The average Bonchev–Trinajstić information content (AvgIpc) is 1.62. The van der Waals surface area contributed by atoms with E-state index in [4.69, 9.17) is 10.1 Å². The number of nitrogens with zero attached hydrogens (tertiary/aromatic N) is 1. The molecule has 0 amide bonds. The maximum absolute atomic E-state index is 9.62. The van der Waals surface area contributed by atoms with Gasteiger partial charge in [0.15, 0.2) is 7.05 Å².